The number of nitrogens with two attached hydrogens (primary N) is 1. The number of anilines is 1. The molecule has 148 valence electrons. The van der Waals surface area contributed by atoms with Gasteiger partial charge in [-0.25, -0.2) is 0 Å². The number of nitrogens with one attached hydrogen (secondary N) is 1. The first-order valence-corrected chi connectivity index (χ1v) is 8.31. The van der Waals surface area contributed by atoms with Crippen molar-refractivity contribution in [1.29, 1.82) is 0 Å². The number of halogens is 6. The molecule has 0 fully saturated rings. The second-order valence-electron chi connectivity index (χ2n) is 5.20. The number of rotatable bonds is 5. The third-order valence-corrected chi connectivity index (χ3v) is 4.26. The fraction of sp³-hybridized carbons (Fsp3) is 0.231. The van der Waals surface area contributed by atoms with Crippen molar-refractivity contribution in [2.75, 3.05) is 4.72 Å². The summed E-state index contributed by atoms with van der Waals surface area (Å²) in [6.45, 7) is -0.275. The molecule has 7 nitrogen and oxygen atoms in total. The molecule has 0 aliphatic heterocycles. The van der Waals surface area contributed by atoms with Crippen LogP contribution in [0.15, 0.2) is 30.5 Å². The van der Waals surface area contributed by atoms with Crippen molar-refractivity contribution in [3.63, 3.8) is 0 Å². The van der Waals surface area contributed by atoms with Crippen LogP contribution < -0.4 is 10.5 Å². The van der Waals surface area contributed by atoms with Gasteiger partial charge in [-0.15, -0.1) is 0 Å². The number of hydrogen-bond donors (Lipinski definition) is 2. The van der Waals surface area contributed by atoms with Gasteiger partial charge in [-0.1, -0.05) is 12.1 Å². The van der Waals surface area contributed by atoms with E-state index in [9.17, 15) is 39.6 Å². The van der Waals surface area contributed by atoms with Crippen molar-refractivity contribution in [1.82, 2.24) is 9.78 Å². The van der Waals surface area contributed by atoms with Gasteiger partial charge >= 0.3 is 21.7 Å². The number of hydrogen-bond acceptors (Lipinski definition) is 4. The van der Waals surface area contributed by atoms with Crippen LogP contribution >= 0.6 is 0 Å². The molecular formula is C13H10F6N4O3S. The molecule has 0 radical (unpaired) electrons. The van der Waals surface area contributed by atoms with E-state index in [0.29, 0.717) is 0 Å². The highest BCUT2D eigenvalue weighted by Gasteiger charge is 2.46. The highest BCUT2D eigenvalue weighted by molar-refractivity contribution is 7.93. The molecule has 1 aromatic heterocycles. The minimum absolute atomic E-state index is 0.275. The van der Waals surface area contributed by atoms with Gasteiger partial charge in [0.05, 0.1) is 12.1 Å². The monoisotopic (exact) mass is 416 g/mol. The first-order chi connectivity index (χ1) is 12.2. The molecule has 14 heteroatoms. The Morgan fingerprint density at radius 3 is 2.07 bits per heavy atom. The van der Waals surface area contributed by atoms with Crippen LogP contribution in [-0.4, -0.2) is 29.6 Å². The van der Waals surface area contributed by atoms with Gasteiger partial charge < -0.3 is 5.73 Å². The van der Waals surface area contributed by atoms with Crippen LogP contribution in [0.2, 0.25) is 0 Å². The average molecular weight is 416 g/mol. The molecule has 0 saturated heterocycles. The third-order valence-electron chi connectivity index (χ3n) is 3.15. The largest absolute Gasteiger partial charge is 0.516 e. The van der Waals surface area contributed by atoms with E-state index in [4.69, 9.17) is 5.73 Å². The van der Waals surface area contributed by atoms with Gasteiger partial charge in [-0.3, -0.25) is 14.2 Å². The summed E-state index contributed by atoms with van der Waals surface area (Å²) in [5.41, 5.74) is -3.04. The maximum Gasteiger partial charge on any atom is 0.516 e. The van der Waals surface area contributed by atoms with Crippen LogP contribution in [-0.2, 0) is 22.7 Å². The van der Waals surface area contributed by atoms with Crippen molar-refractivity contribution in [3.8, 4) is 0 Å². The Morgan fingerprint density at radius 1 is 1.11 bits per heavy atom. The van der Waals surface area contributed by atoms with Crippen LogP contribution in [0.4, 0.5) is 32.0 Å². The van der Waals surface area contributed by atoms with E-state index < -0.39 is 44.6 Å². The number of sulfonamides is 1. The fourth-order valence-electron chi connectivity index (χ4n) is 1.97. The minimum Gasteiger partial charge on any atom is -0.365 e. The number of amides is 1. The summed E-state index contributed by atoms with van der Waals surface area (Å²) >= 11 is 0. The highest BCUT2D eigenvalue weighted by Crippen LogP contribution is 2.31. The van der Waals surface area contributed by atoms with Crippen molar-refractivity contribution in [2.45, 2.75) is 18.2 Å². The van der Waals surface area contributed by atoms with Gasteiger partial charge in [0, 0.05) is 11.9 Å². The van der Waals surface area contributed by atoms with Crippen LogP contribution in [0.1, 0.15) is 21.6 Å². The van der Waals surface area contributed by atoms with Gasteiger partial charge in [0.25, 0.3) is 5.91 Å². The van der Waals surface area contributed by atoms with Gasteiger partial charge in [0.2, 0.25) is 0 Å². The molecule has 1 amide bonds. The SMILES string of the molecule is NC(=O)c1cn(Cc2ccc(NS(=O)(=O)C(F)(F)F)cc2)nc1C(F)(F)F. The number of primary amides is 1. The molecule has 27 heavy (non-hydrogen) atoms. The molecule has 0 aliphatic rings. The molecule has 0 saturated carbocycles. The average Bonchev–Trinajstić information content (AvgIpc) is 2.92. The Bertz CT molecular complexity index is 948. The zero-order valence-electron chi connectivity index (χ0n) is 13.0. The zero-order chi connectivity index (χ0) is 20.6. The fourth-order valence-corrected chi connectivity index (χ4v) is 2.53. The highest BCUT2D eigenvalue weighted by atomic mass is 32.2. The van der Waals surface area contributed by atoms with Gasteiger partial charge in [-0.2, -0.15) is 39.9 Å². The van der Waals surface area contributed by atoms with Crippen molar-refractivity contribution >= 4 is 21.6 Å². The van der Waals surface area contributed by atoms with E-state index in [2.05, 4.69) is 5.10 Å². The van der Waals surface area contributed by atoms with Crippen LogP contribution in [0.3, 0.4) is 0 Å². The first-order valence-electron chi connectivity index (χ1n) is 6.83. The summed E-state index contributed by atoms with van der Waals surface area (Å²) in [7, 11) is -5.59. The summed E-state index contributed by atoms with van der Waals surface area (Å²) in [4.78, 5) is 11.1. The smallest absolute Gasteiger partial charge is 0.365 e. The minimum atomic E-state index is -5.59. The second-order valence-corrected chi connectivity index (χ2v) is 6.87. The van der Waals surface area contributed by atoms with Crippen LogP contribution in [0.25, 0.3) is 0 Å². The topological polar surface area (TPSA) is 107 Å². The molecule has 1 aromatic carbocycles. The maximum absolute atomic E-state index is 12.8. The number of benzene rings is 1. The van der Waals surface area contributed by atoms with Gasteiger partial charge in [0.15, 0.2) is 5.69 Å². The molecule has 0 unspecified atom stereocenters. The predicted molar refractivity (Wildman–Crippen MR) is 79.9 cm³/mol. The number of alkyl halides is 6. The van der Waals surface area contributed by atoms with Gasteiger partial charge in [0.1, 0.15) is 0 Å². The number of aromatic nitrogens is 2. The Labute approximate surface area is 147 Å². The van der Waals surface area contributed by atoms with E-state index in [0.717, 1.165) is 23.0 Å². The molecule has 0 spiro atoms. The predicted octanol–water partition coefficient (Wildman–Crippen LogP) is 2.31. The Hall–Kier alpha value is -2.77. The number of nitrogens with zero attached hydrogens (tertiary/aromatic N) is 2. The molecule has 1 heterocycles. The van der Waals surface area contributed by atoms with Crippen LogP contribution in [0.5, 0.6) is 0 Å². The summed E-state index contributed by atoms with van der Waals surface area (Å²) in [5.74, 6) is -1.33. The Morgan fingerprint density at radius 2 is 1.67 bits per heavy atom. The molecule has 0 atom stereocenters. The van der Waals surface area contributed by atoms with E-state index in [1.54, 1.807) is 0 Å². The zero-order valence-corrected chi connectivity index (χ0v) is 13.8. The third kappa shape index (κ3) is 4.69. The normalized spacial score (nSPS) is 12.8. The lowest BCUT2D eigenvalue weighted by Gasteiger charge is -2.11. The lowest BCUT2D eigenvalue weighted by Crippen LogP contribution is -2.29. The lowest BCUT2D eigenvalue weighted by atomic mass is 10.2. The standard InChI is InChI=1S/C13H10F6N4O3S/c14-12(15,16)10-9(11(20)24)6-23(21-10)5-7-1-3-8(4-2-7)22-27(25,26)13(17,18)19/h1-4,6,22H,5H2,(H2,20,24). The number of carbonyl (C=O) groups is 1. The van der Waals surface area contributed by atoms with E-state index in [1.807, 2.05) is 0 Å². The quantitative estimate of drug-likeness (QED) is 0.730. The van der Waals surface area contributed by atoms with Gasteiger partial charge in [-0.05, 0) is 17.7 Å². The summed E-state index contributed by atoms with van der Waals surface area (Å²) in [5, 5.41) is 3.24. The van der Waals surface area contributed by atoms with E-state index in [1.165, 1.54) is 16.9 Å². The Balaban J connectivity index is 2.22. The summed E-state index contributed by atoms with van der Waals surface area (Å²) in [6.07, 6.45) is -4.12. The molecule has 3 N–H and O–H groups in total. The second kappa shape index (κ2) is 6.75. The van der Waals surface area contributed by atoms with E-state index in [-0.39, 0.29) is 12.1 Å². The lowest BCUT2D eigenvalue weighted by molar-refractivity contribution is -0.141. The van der Waals surface area contributed by atoms with E-state index >= 15 is 0 Å². The Kier molecular flexibility index (Phi) is 5.14. The van der Waals surface area contributed by atoms with Crippen molar-refractivity contribution in [2.24, 2.45) is 5.73 Å². The molecule has 0 bridgehead atoms. The van der Waals surface area contributed by atoms with Crippen LogP contribution in [0, 0.1) is 0 Å². The molecule has 2 aromatic rings. The van der Waals surface area contributed by atoms with Crippen molar-refractivity contribution in [3.05, 3.63) is 47.3 Å². The maximum atomic E-state index is 12.8. The number of carbonyl (C=O) groups excluding carboxylic acids is 1. The summed E-state index contributed by atoms with van der Waals surface area (Å²) < 4.78 is 99.4. The molecular weight excluding hydrogens is 406 g/mol. The molecule has 0 aliphatic carbocycles. The van der Waals surface area contributed by atoms with Crippen molar-refractivity contribution < 1.29 is 39.6 Å². The molecule has 2 rings (SSSR count). The summed E-state index contributed by atoms with van der Waals surface area (Å²) in [6, 6.07) is 4.32. The first kappa shape index (κ1) is 20.5.